The van der Waals surface area contributed by atoms with Gasteiger partial charge in [-0.3, -0.25) is 4.79 Å². The number of carbonyl (C=O) groups is 1. The van der Waals surface area contributed by atoms with Crippen molar-refractivity contribution in [2.45, 2.75) is 13.5 Å². The smallest absolute Gasteiger partial charge is 0.252 e. The van der Waals surface area contributed by atoms with Crippen molar-refractivity contribution in [1.82, 2.24) is 5.32 Å². The number of benzene rings is 2. The fourth-order valence-corrected chi connectivity index (χ4v) is 2.01. The molecule has 2 N–H and O–H groups in total. The van der Waals surface area contributed by atoms with Crippen molar-refractivity contribution in [3.8, 4) is 5.75 Å². The molecule has 2 aromatic rings. The predicted octanol–water partition coefficient (Wildman–Crippen LogP) is 3.34. The van der Waals surface area contributed by atoms with E-state index in [9.17, 15) is 4.79 Å². The Kier molecular flexibility index (Phi) is 5.94. The van der Waals surface area contributed by atoms with Crippen molar-refractivity contribution in [2.75, 3.05) is 0 Å². The van der Waals surface area contributed by atoms with E-state index in [1.807, 2.05) is 37.3 Å². The van der Waals surface area contributed by atoms with Crippen LogP contribution < -0.4 is 10.1 Å². The lowest BCUT2D eigenvalue weighted by atomic mass is 10.1. The van der Waals surface area contributed by atoms with Crippen LogP contribution in [0.1, 0.15) is 28.4 Å². The summed E-state index contributed by atoms with van der Waals surface area (Å²) in [4.78, 5) is 12.3. The lowest BCUT2D eigenvalue weighted by molar-refractivity contribution is 0.0951. The minimum absolute atomic E-state index is 0.249. The molecular weight excluding hydrogens is 292 g/mol. The fourth-order valence-electron chi connectivity index (χ4n) is 2.01. The van der Waals surface area contributed by atoms with Gasteiger partial charge in [-0.2, -0.15) is 0 Å². The van der Waals surface area contributed by atoms with Crippen LogP contribution in [0.3, 0.4) is 0 Å². The average Bonchev–Trinajstić information content (AvgIpc) is 2.59. The molecule has 1 amide bonds. The van der Waals surface area contributed by atoms with Gasteiger partial charge in [0, 0.05) is 17.7 Å². The lowest BCUT2D eigenvalue weighted by Crippen LogP contribution is -2.24. The van der Waals surface area contributed by atoms with Gasteiger partial charge >= 0.3 is 0 Å². The van der Waals surface area contributed by atoms with Crippen molar-refractivity contribution in [1.29, 1.82) is 0 Å². The molecule has 0 aliphatic rings. The van der Waals surface area contributed by atoms with Crippen molar-refractivity contribution >= 4 is 12.1 Å². The standard InChI is InChI=1S/C18H18N2O3/c1-2-10-23-16-8-9-17(15(11-16)13-20-22)18(21)19-12-14-6-4-3-5-7-14/h2-11,13,22H,12H2,1H3,(H,19,21)/b10-2-,20-13-. The van der Waals surface area contributed by atoms with Crippen molar-refractivity contribution in [3.63, 3.8) is 0 Å². The topological polar surface area (TPSA) is 70.9 Å². The largest absolute Gasteiger partial charge is 0.465 e. The van der Waals surface area contributed by atoms with Crippen LogP contribution >= 0.6 is 0 Å². The molecule has 0 spiro atoms. The summed E-state index contributed by atoms with van der Waals surface area (Å²) in [5.41, 5.74) is 1.89. The summed E-state index contributed by atoms with van der Waals surface area (Å²) in [7, 11) is 0. The fraction of sp³-hybridized carbons (Fsp3) is 0.111. The third kappa shape index (κ3) is 4.71. The number of nitrogens with one attached hydrogen (secondary N) is 1. The maximum atomic E-state index is 12.3. The Morgan fingerprint density at radius 3 is 2.74 bits per heavy atom. The Bertz CT molecular complexity index is 709. The molecule has 0 unspecified atom stereocenters. The van der Waals surface area contributed by atoms with E-state index in [0.29, 0.717) is 23.4 Å². The Labute approximate surface area is 134 Å². The molecule has 0 saturated carbocycles. The molecule has 0 radical (unpaired) electrons. The molecule has 0 saturated heterocycles. The summed E-state index contributed by atoms with van der Waals surface area (Å²) in [6.07, 6.45) is 4.49. The normalized spacial score (nSPS) is 11.0. The number of allylic oxidation sites excluding steroid dienone is 1. The molecule has 0 aliphatic carbocycles. The van der Waals surface area contributed by atoms with Crippen LogP contribution in [0, 0.1) is 0 Å². The van der Waals surface area contributed by atoms with Crippen LogP contribution in [-0.4, -0.2) is 17.3 Å². The number of oxime groups is 1. The Morgan fingerprint density at radius 2 is 2.04 bits per heavy atom. The van der Waals surface area contributed by atoms with E-state index in [4.69, 9.17) is 9.94 Å². The highest BCUT2D eigenvalue weighted by molar-refractivity contribution is 6.02. The lowest BCUT2D eigenvalue weighted by Gasteiger charge is -2.09. The molecule has 0 bridgehead atoms. The highest BCUT2D eigenvalue weighted by Crippen LogP contribution is 2.17. The molecule has 0 heterocycles. The number of rotatable bonds is 6. The van der Waals surface area contributed by atoms with Crippen LogP contribution in [0.4, 0.5) is 0 Å². The van der Waals surface area contributed by atoms with Gasteiger partial charge in [-0.15, -0.1) is 0 Å². The van der Waals surface area contributed by atoms with Gasteiger partial charge in [-0.1, -0.05) is 41.6 Å². The predicted molar refractivity (Wildman–Crippen MR) is 88.9 cm³/mol. The second-order valence-electron chi connectivity index (χ2n) is 4.75. The van der Waals surface area contributed by atoms with Crippen LogP contribution in [0.5, 0.6) is 5.75 Å². The van der Waals surface area contributed by atoms with E-state index in [2.05, 4.69) is 10.5 Å². The molecule has 2 rings (SSSR count). The minimum atomic E-state index is -0.249. The van der Waals surface area contributed by atoms with Gasteiger partial charge < -0.3 is 15.3 Å². The molecular formula is C18H18N2O3. The third-order valence-corrected chi connectivity index (χ3v) is 3.10. The number of amides is 1. The maximum Gasteiger partial charge on any atom is 0.252 e. The van der Waals surface area contributed by atoms with Crippen LogP contribution in [0.2, 0.25) is 0 Å². The van der Waals surface area contributed by atoms with Crippen LogP contribution in [0.15, 0.2) is 66.0 Å². The van der Waals surface area contributed by atoms with Gasteiger partial charge in [0.15, 0.2) is 0 Å². The second-order valence-corrected chi connectivity index (χ2v) is 4.75. The summed E-state index contributed by atoms with van der Waals surface area (Å²) in [5.74, 6) is 0.305. The van der Waals surface area contributed by atoms with E-state index in [-0.39, 0.29) is 5.91 Å². The van der Waals surface area contributed by atoms with Crippen molar-refractivity contribution in [2.24, 2.45) is 5.16 Å². The number of carbonyl (C=O) groups excluding carboxylic acids is 1. The van der Waals surface area contributed by atoms with E-state index in [1.54, 1.807) is 24.3 Å². The van der Waals surface area contributed by atoms with E-state index >= 15 is 0 Å². The van der Waals surface area contributed by atoms with Crippen LogP contribution in [0.25, 0.3) is 0 Å². The van der Waals surface area contributed by atoms with E-state index < -0.39 is 0 Å². The molecule has 0 aromatic heterocycles. The zero-order valence-electron chi connectivity index (χ0n) is 12.8. The van der Waals surface area contributed by atoms with Gasteiger partial charge in [0.05, 0.1) is 12.5 Å². The summed E-state index contributed by atoms with van der Waals surface area (Å²) < 4.78 is 5.35. The first-order chi connectivity index (χ1) is 11.2. The van der Waals surface area contributed by atoms with E-state index in [1.165, 1.54) is 12.5 Å². The molecule has 0 aliphatic heterocycles. The quantitative estimate of drug-likeness (QED) is 0.372. The number of hydrogen-bond acceptors (Lipinski definition) is 4. The molecule has 118 valence electrons. The molecule has 23 heavy (non-hydrogen) atoms. The van der Waals surface area contributed by atoms with Gasteiger partial charge in [0.25, 0.3) is 5.91 Å². The number of ether oxygens (including phenoxy) is 1. The van der Waals surface area contributed by atoms with Crippen molar-refractivity contribution in [3.05, 3.63) is 77.6 Å². The second kappa shape index (κ2) is 8.38. The molecule has 0 atom stereocenters. The maximum absolute atomic E-state index is 12.3. The van der Waals surface area contributed by atoms with Gasteiger partial charge in [-0.05, 0) is 30.7 Å². The first-order valence-corrected chi connectivity index (χ1v) is 7.16. The highest BCUT2D eigenvalue weighted by atomic mass is 16.5. The average molecular weight is 310 g/mol. The molecule has 5 heteroatoms. The molecule has 0 fully saturated rings. The Morgan fingerprint density at radius 1 is 1.26 bits per heavy atom. The first kappa shape index (κ1) is 16.3. The SMILES string of the molecule is C/C=C\Oc1ccc(C(=O)NCc2ccccc2)c(/C=N\O)c1. The number of nitrogens with zero attached hydrogens (tertiary/aromatic N) is 1. The molecule has 2 aromatic carbocycles. The summed E-state index contributed by atoms with van der Waals surface area (Å²) in [6.45, 7) is 2.26. The highest BCUT2D eigenvalue weighted by Gasteiger charge is 2.11. The molecule has 5 nitrogen and oxygen atoms in total. The van der Waals surface area contributed by atoms with E-state index in [0.717, 1.165) is 5.56 Å². The minimum Gasteiger partial charge on any atom is -0.465 e. The Hall–Kier alpha value is -3.08. The van der Waals surface area contributed by atoms with Crippen molar-refractivity contribution < 1.29 is 14.7 Å². The van der Waals surface area contributed by atoms with Crippen LogP contribution in [-0.2, 0) is 6.54 Å². The first-order valence-electron chi connectivity index (χ1n) is 7.16. The Balaban J connectivity index is 2.15. The monoisotopic (exact) mass is 310 g/mol. The van der Waals surface area contributed by atoms with Gasteiger partial charge in [0.1, 0.15) is 5.75 Å². The zero-order chi connectivity index (χ0) is 16.5. The third-order valence-electron chi connectivity index (χ3n) is 3.10. The number of hydrogen-bond donors (Lipinski definition) is 2. The summed E-state index contributed by atoms with van der Waals surface area (Å²) >= 11 is 0. The zero-order valence-corrected chi connectivity index (χ0v) is 12.8. The summed E-state index contributed by atoms with van der Waals surface area (Å²) in [5, 5.41) is 14.6. The summed E-state index contributed by atoms with van der Waals surface area (Å²) in [6, 6.07) is 14.6. The van der Waals surface area contributed by atoms with Gasteiger partial charge in [-0.25, -0.2) is 0 Å². The van der Waals surface area contributed by atoms with Gasteiger partial charge in [0.2, 0.25) is 0 Å².